The summed E-state index contributed by atoms with van der Waals surface area (Å²) >= 11 is 0. The van der Waals surface area contributed by atoms with Crippen molar-refractivity contribution >= 4 is 5.91 Å². The van der Waals surface area contributed by atoms with Gasteiger partial charge in [-0.15, -0.1) is 0 Å². The molecule has 19 heteroatoms. The van der Waals surface area contributed by atoms with Crippen LogP contribution in [0.1, 0.15) is 226 Å². The maximum Gasteiger partial charge on any atom is 0.220 e. The second-order valence-electron chi connectivity index (χ2n) is 23.9. The van der Waals surface area contributed by atoms with Crippen LogP contribution in [-0.2, 0) is 33.2 Å². The molecule has 0 saturated carbocycles. The average Bonchev–Trinajstić information content (AvgIpc) is 2.21. The van der Waals surface area contributed by atoms with Crippen LogP contribution in [0.4, 0.5) is 0 Å². The fraction of sp³-hybridized carbons (Fsp3) is 0.836. The molecular weight excluding hydrogens is 1110 g/mol. The van der Waals surface area contributed by atoms with E-state index in [9.17, 15) is 61.0 Å². The molecule has 1 amide bonds. The van der Waals surface area contributed by atoms with E-state index in [1.165, 1.54) is 122 Å². The Kier molecular flexibility index (Phi) is 44.5. The predicted octanol–water partition coefficient (Wildman–Crippen LogP) is 7.99. The number of aliphatic hydroxyl groups is 11. The van der Waals surface area contributed by atoms with E-state index in [1.54, 1.807) is 6.08 Å². The zero-order valence-corrected chi connectivity index (χ0v) is 52.5. The SMILES string of the molecule is CCCCCCC/C=C\C/C=C\C/C=C\CCCCCCCCC(=O)NC(COC1OC(CO)C(OC2OC(CO)C(OC3OC(CO)C(O)C(O)C3O)C(O)C2O)C(O)C1O)C(O)/C=C/CC/C=C/CCCCCCCCCCCCCCCC. The summed E-state index contributed by atoms with van der Waals surface area (Å²) in [6.07, 6.45) is 31.9. The van der Waals surface area contributed by atoms with Crippen LogP contribution in [0, 0.1) is 0 Å². The van der Waals surface area contributed by atoms with Crippen molar-refractivity contribution in [3.8, 4) is 0 Å². The topological polar surface area (TPSA) is 307 Å². The van der Waals surface area contributed by atoms with Gasteiger partial charge in [-0.05, 0) is 70.6 Å². The highest BCUT2D eigenvalue weighted by molar-refractivity contribution is 5.76. The summed E-state index contributed by atoms with van der Waals surface area (Å²) in [6, 6.07) is -1.000. The van der Waals surface area contributed by atoms with Crippen LogP contribution < -0.4 is 5.32 Å². The van der Waals surface area contributed by atoms with Gasteiger partial charge in [0.1, 0.15) is 73.2 Å². The summed E-state index contributed by atoms with van der Waals surface area (Å²) in [5, 5.41) is 120. The van der Waals surface area contributed by atoms with Crippen molar-refractivity contribution in [1.82, 2.24) is 5.32 Å². The molecule has 3 aliphatic heterocycles. The molecule has 0 radical (unpaired) electrons. The van der Waals surface area contributed by atoms with E-state index in [4.69, 9.17) is 28.4 Å². The maximum absolute atomic E-state index is 13.4. The predicted molar refractivity (Wildman–Crippen MR) is 332 cm³/mol. The second kappa shape index (κ2) is 49.2. The van der Waals surface area contributed by atoms with E-state index >= 15 is 0 Å². The molecule has 3 rings (SSSR count). The van der Waals surface area contributed by atoms with Gasteiger partial charge < -0.3 is 89.9 Å². The zero-order valence-electron chi connectivity index (χ0n) is 52.5. The monoisotopic (exact) mass is 1230 g/mol. The molecule has 86 heavy (non-hydrogen) atoms. The normalized spacial score (nSPS) is 29.2. The van der Waals surface area contributed by atoms with Crippen molar-refractivity contribution in [3.63, 3.8) is 0 Å². The number of rotatable bonds is 50. The molecule has 3 heterocycles. The molecule has 500 valence electrons. The smallest absolute Gasteiger partial charge is 0.220 e. The minimum atomic E-state index is -1.98. The van der Waals surface area contributed by atoms with Crippen molar-refractivity contribution in [1.29, 1.82) is 0 Å². The standard InChI is InChI=1S/C67H119NO18/c1-3-5-7-9-11-13-15-17-19-21-23-25-27-29-31-33-35-37-39-41-43-45-55(73)68-50(51(72)44-42-40-38-36-34-32-30-28-26-24-22-20-18-16-14-12-10-8-6-4-2)49-81-65-61(79)58(76)63(53(47-70)83-65)86-67-62(80)59(77)64(54(48-71)84-67)85-66-60(78)57(75)56(74)52(46-69)82-66/h15,17,21,23,27,29,34,36,42,44,50-54,56-67,69-72,74-80H,3-14,16,18-20,22,24-26,28,30-33,35,37-41,43,45-49H2,1-2H3,(H,68,73)/b17-15-,23-21-,29-27-,36-34+,44-42+. The summed E-state index contributed by atoms with van der Waals surface area (Å²) < 4.78 is 34.3. The summed E-state index contributed by atoms with van der Waals surface area (Å²) in [7, 11) is 0. The van der Waals surface area contributed by atoms with Gasteiger partial charge in [-0.25, -0.2) is 0 Å². The molecule has 0 aromatic rings. The van der Waals surface area contributed by atoms with Crippen LogP contribution in [0.3, 0.4) is 0 Å². The van der Waals surface area contributed by atoms with E-state index in [2.05, 4.69) is 67.8 Å². The Bertz CT molecular complexity index is 1800. The lowest BCUT2D eigenvalue weighted by Crippen LogP contribution is -2.66. The van der Waals surface area contributed by atoms with E-state index in [0.29, 0.717) is 12.8 Å². The third-order valence-electron chi connectivity index (χ3n) is 16.5. The fourth-order valence-corrected chi connectivity index (χ4v) is 11.0. The zero-order chi connectivity index (χ0) is 62.6. The second-order valence-corrected chi connectivity index (χ2v) is 23.9. The molecule has 0 aliphatic carbocycles. The Morgan fingerprint density at radius 2 is 0.779 bits per heavy atom. The highest BCUT2D eigenvalue weighted by Crippen LogP contribution is 2.33. The summed E-state index contributed by atoms with van der Waals surface area (Å²) in [5.41, 5.74) is 0. The van der Waals surface area contributed by atoms with Crippen LogP contribution in [0.15, 0.2) is 60.8 Å². The Labute approximate surface area is 515 Å². The van der Waals surface area contributed by atoms with Crippen LogP contribution in [0.25, 0.3) is 0 Å². The van der Waals surface area contributed by atoms with E-state index < -0.39 is 124 Å². The van der Waals surface area contributed by atoms with Crippen LogP contribution in [-0.4, -0.2) is 193 Å². The number of nitrogens with one attached hydrogen (secondary N) is 1. The molecule has 17 unspecified atom stereocenters. The lowest BCUT2D eigenvalue weighted by atomic mass is 9.96. The van der Waals surface area contributed by atoms with Gasteiger partial charge in [0.25, 0.3) is 0 Å². The number of unbranched alkanes of at least 4 members (excludes halogenated alkanes) is 26. The molecule has 0 bridgehead atoms. The van der Waals surface area contributed by atoms with Gasteiger partial charge in [0.2, 0.25) is 5.91 Å². The number of hydrogen-bond donors (Lipinski definition) is 12. The molecule has 17 atom stereocenters. The van der Waals surface area contributed by atoms with Crippen LogP contribution in [0.5, 0.6) is 0 Å². The number of carbonyl (C=O) groups is 1. The van der Waals surface area contributed by atoms with Gasteiger partial charge >= 0.3 is 0 Å². The maximum atomic E-state index is 13.4. The van der Waals surface area contributed by atoms with Crippen LogP contribution in [0.2, 0.25) is 0 Å². The van der Waals surface area contributed by atoms with Gasteiger partial charge in [0, 0.05) is 6.42 Å². The molecule has 19 nitrogen and oxygen atoms in total. The van der Waals surface area contributed by atoms with E-state index in [0.717, 1.165) is 70.6 Å². The lowest BCUT2D eigenvalue weighted by molar-refractivity contribution is -0.379. The first-order valence-electron chi connectivity index (χ1n) is 33.5. The Morgan fingerprint density at radius 3 is 1.24 bits per heavy atom. The minimum absolute atomic E-state index is 0.219. The Hall–Kier alpha value is -2.51. The number of allylic oxidation sites excluding steroid dienone is 9. The van der Waals surface area contributed by atoms with Crippen LogP contribution >= 0.6 is 0 Å². The summed E-state index contributed by atoms with van der Waals surface area (Å²) in [5.74, 6) is -0.299. The van der Waals surface area contributed by atoms with Gasteiger partial charge in [0.05, 0.1) is 38.6 Å². The molecular formula is C67H119NO18. The van der Waals surface area contributed by atoms with Crippen molar-refractivity contribution < 1.29 is 89.4 Å². The van der Waals surface area contributed by atoms with Gasteiger partial charge in [-0.1, -0.05) is 209 Å². The average molecular weight is 1230 g/mol. The molecule has 3 fully saturated rings. The molecule has 0 aromatic heterocycles. The van der Waals surface area contributed by atoms with Crippen molar-refractivity contribution in [3.05, 3.63) is 60.8 Å². The molecule has 3 aliphatic rings. The number of amides is 1. The van der Waals surface area contributed by atoms with Crippen molar-refractivity contribution in [2.75, 3.05) is 26.4 Å². The number of hydrogen-bond acceptors (Lipinski definition) is 18. The third kappa shape index (κ3) is 31.5. The first kappa shape index (κ1) is 77.7. The van der Waals surface area contributed by atoms with Gasteiger partial charge in [0.15, 0.2) is 18.9 Å². The Balaban J connectivity index is 1.48. The molecule has 0 spiro atoms. The number of aliphatic hydroxyl groups excluding tert-OH is 11. The quantitative estimate of drug-likeness (QED) is 0.0203. The first-order valence-corrected chi connectivity index (χ1v) is 33.5. The number of carbonyl (C=O) groups excluding carboxylic acids is 1. The third-order valence-corrected chi connectivity index (χ3v) is 16.5. The Morgan fingerprint density at radius 1 is 0.419 bits per heavy atom. The molecule has 3 saturated heterocycles. The summed E-state index contributed by atoms with van der Waals surface area (Å²) in [4.78, 5) is 13.4. The highest BCUT2D eigenvalue weighted by Gasteiger charge is 2.53. The highest BCUT2D eigenvalue weighted by atomic mass is 16.8. The minimum Gasteiger partial charge on any atom is -0.394 e. The first-order chi connectivity index (χ1) is 41.8. The van der Waals surface area contributed by atoms with E-state index in [1.807, 2.05) is 6.08 Å². The van der Waals surface area contributed by atoms with Crippen molar-refractivity contribution in [2.45, 2.75) is 330 Å². The summed E-state index contributed by atoms with van der Waals surface area (Å²) in [6.45, 7) is 1.69. The molecule has 0 aromatic carbocycles. The van der Waals surface area contributed by atoms with E-state index in [-0.39, 0.29) is 18.9 Å². The lowest BCUT2D eigenvalue weighted by Gasteiger charge is -2.48. The van der Waals surface area contributed by atoms with Gasteiger partial charge in [-0.3, -0.25) is 4.79 Å². The van der Waals surface area contributed by atoms with Gasteiger partial charge in [-0.2, -0.15) is 0 Å². The van der Waals surface area contributed by atoms with Crippen molar-refractivity contribution in [2.24, 2.45) is 0 Å². The fourth-order valence-electron chi connectivity index (χ4n) is 11.0. The largest absolute Gasteiger partial charge is 0.394 e. The molecule has 12 N–H and O–H groups in total. The number of ether oxygens (including phenoxy) is 6.